The molecular formula is C14H13ClF3N3O. The molecule has 118 valence electrons. The van der Waals surface area contributed by atoms with E-state index < -0.39 is 11.7 Å². The summed E-state index contributed by atoms with van der Waals surface area (Å²) < 4.78 is 37.6. The zero-order chi connectivity index (χ0) is 16.5. The van der Waals surface area contributed by atoms with Gasteiger partial charge in [-0.25, -0.2) is 4.98 Å². The first-order valence-electron chi connectivity index (χ1n) is 6.34. The highest BCUT2D eigenvalue weighted by Gasteiger charge is 2.31. The molecule has 0 unspecified atom stereocenters. The molecule has 0 amide bonds. The van der Waals surface area contributed by atoms with Gasteiger partial charge in [-0.15, -0.1) is 0 Å². The highest BCUT2D eigenvalue weighted by molar-refractivity contribution is 6.32. The fourth-order valence-electron chi connectivity index (χ4n) is 2.00. The Morgan fingerprint density at radius 3 is 2.55 bits per heavy atom. The lowest BCUT2D eigenvalue weighted by molar-refractivity contribution is -0.137. The summed E-state index contributed by atoms with van der Waals surface area (Å²) in [4.78, 5) is 18.2. The minimum absolute atomic E-state index is 0.0917. The van der Waals surface area contributed by atoms with Crippen molar-refractivity contribution in [2.45, 2.75) is 26.6 Å². The second kappa shape index (κ2) is 6.00. The standard InChI is InChI=1S/C14H13ClF3N3O/c1-7-3-8(2)21-13(22)10(7)6-20-12-11(15)4-9(5-19-12)14(16,17)18/h3-5H,6H2,1-2H3,(H,19,20)(H,21,22). The third kappa shape index (κ3) is 3.59. The number of rotatable bonds is 3. The Morgan fingerprint density at radius 2 is 2.00 bits per heavy atom. The van der Waals surface area contributed by atoms with Gasteiger partial charge in [0.25, 0.3) is 5.56 Å². The highest BCUT2D eigenvalue weighted by Crippen LogP contribution is 2.32. The van der Waals surface area contributed by atoms with Gasteiger partial charge in [0.1, 0.15) is 5.82 Å². The molecule has 2 aromatic heterocycles. The number of pyridine rings is 2. The molecule has 0 spiro atoms. The van der Waals surface area contributed by atoms with E-state index in [1.807, 2.05) is 0 Å². The smallest absolute Gasteiger partial charge is 0.365 e. The number of aromatic nitrogens is 2. The Kier molecular flexibility index (Phi) is 4.46. The van der Waals surface area contributed by atoms with Crippen molar-refractivity contribution < 1.29 is 13.2 Å². The van der Waals surface area contributed by atoms with Crippen LogP contribution < -0.4 is 10.9 Å². The first-order chi connectivity index (χ1) is 10.2. The van der Waals surface area contributed by atoms with Crippen LogP contribution >= 0.6 is 11.6 Å². The first-order valence-corrected chi connectivity index (χ1v) is 6.72. The zero-order valence-electron chi connectivity index (χ0n) is 11.8. The number of anilines is 1. The van der Waals surface area contributed by atoms with Crippen LogP contribution in [0.1, 0.15) is 22.4 Å². The summed E-state index contributed by atoms with van der Waals surface area (Å²) in [6, 6.07) is 2.60. The van der Waals surface area contributed by atoms with E-state index in [0.29, 0.717) is 11.8 Å². The molecule has 4 nitrogen and oxygen atoms in total. The van der Waals surface area contributed by atoms with Crippen LogP contribution in [0.4, 0.5) is 19.0 Å². The Labute approximate surface area is 129 Å². The number of alkyl halides is 3. The molecule has 2 N–H and O–H groups in total. The number of hydrogen-bond acceptors (Lipinski definition) is 3. The quantitative estimate of drug-likeness (QED) is 0.902. The van der Waals surface area contributed by atoms with Crippen molar-refractivity contribution in [2.75, 3.05) is 5.32 Å². The summed E-state index contributed by atoms with van der Waals surface area (Å²) in [6.07, 6.45) is -3.81. The molecule has 0 saturated heterocycles. The zero-order valence-corrected chi connectivity index (χ0v) is 12.6. The van der Waals surface area contributed by atoms with E-state index in [1.54, 1.807) is 19.9 Å². The number of nitrogens with one attached hydrogen (secondary N) is 2. The Hall–Kier alpha value is -2.02. The van der Waals surface area contributed by atoms with Gasteiger partial charge in [0.05, 0.1) is 10.6 Å². The highest BCUT2D eigenvalue weighted by atomic mass is 35.5. The molecule has 2 heterocycles. The van der Waals surface area contributed by atoms with Crippen LogP contribution in [0, 0.1) is 13.8 Å². The lowest BCUT2D eigenvalue weighted by Gasteiger charge is -2.11. The second-order valence-electron chi connectivity index (χ2n) is 4.85. The third-order valence-corrected chi connectivity index (χ3v) is 3.38. The van der Waals surface area contributed by atoms with Gasteiger partial charge in [-0.05, 0) is 31.5 Å². The molecule has 0 aromatic carbocycles. The van der Waals surface area contributed by atoms with Crippen LogP contribution in [0.25, 0.3) is 0 Å². The molecule has 2 aromatic rings. The SMILES string of the molecule is Cc1cc(C)c(CNc2ncc(C(F)(F)F)cc2Cl)c(=O)[nH]1. The number of hydrogen-bond donors (Lipinski definition) is 2. The average Bonchev–Trinajstić information content (AvgIpc) is 2.37. The van der Waals surface area contributed by atoms with Crippen molar-refractivity contribution in [1.82, 2.24) is 9.97 Å². The maximum atomic E-state index is 12.5. The Bertz CT molecular complexity index is 756. The number of aryl methyl sites for hydroxylation is 2. The number of halogens is 4. The largest absolute Gasteiger partial charge is 0.417 e. The van der Waals surface area contributed by atoms with Crippen molar-refractivity contribution in [3.05, 3.63) is 56.1 Å². The normalized spacial score (nSPS) is 11.5. The summed E-state index contributed by atoms with van der Waals surface area (Å²) in [5, 5.41) is 2.62. The molecule has 0 aliphatic heterocycles. The summed E-state index contributed by atoms with van der Waals surface area (Å²) in [6.45, 7) is 3.65. The molecule has 2 rings (SSSR count). The molecule has 22 heavy (non-hydrogen) atoms. The van der Waals surface area contributed by atoms with Gasteiger partial charge in [-0.2, -0.15) is 13.2 Å². The summed E-state index contributed by atoms with van der Waals surface area (Å²) in [7, 11) is 0. The number of H-pyrrole nitrogens is 1. The topological polar surface area (TPSA) is 57.8 Å². The molecule has 0 saturated carbocycles. The predicted octanol–water partition coefficient (Wildman–Crippen LogP) is 3.67. The van der Waals surface area contributed by atoms with Crippen LogP contribution in [0.5, 0.6) is 0 Å². The molecular weight excluding hydrogens is 319 g/mol. The minimum Gasteiger partial charge on any atom is -0.365 e. The number of nitrogens with zero attached hydrogens (tertiary/aromatic N) is 1. The Balaban J connectivity index is 2.21. The molecule has 8 heteroatoms. The van der Waals surface area contributed by atoms with Crippen molar-refractivity contribution in [3.63, 3.8) is 0 Å². The van der Waals surface area contributed by atoms with Crippen LogP contribution in [0.2, 0.25) is 5.02 Å². The van der Waals surface area contributed by atoms with Gasteiger partial charge in [-0.1, -0.05) is 11.6 Å². The monoisotopic (exact) mass is 331 g/mol. The van der Waals surface area contributed by atoms with E-state index in [-0.39, 0.29) is 22.9 Å². The van der Waals surface area contributed by atoms with E-state index in [9.17, 15) is 18.0 Å². The average molecular weight is 332 g/mol. The fraction of sp³-hybridized carbons (Fsp3) is 0.286. The fourth-order valence-corrected chi connectivity index (χ4v) is 2.23. The number of aromatic amines is 1. The molecule has 0 radical (unpaired) electrons. The summed E-state index contributed by atoms with van der Waals surface area (Å²) >= 11 is 5.80. The summed E-state index contributed by atoms with van der Waals surface area (Å²) in [5.41, 5.74) is 0.803. The van der Waals surface area contributed by atoms with E-state index in [0.717, 1.165) is 17.3 Å². The summed E-state index contributed by atoms with van der Waals surface area (Å²) in [5.74, 6) is 0.0917. The van der Waals surface area contributed by atoms with Gasteiger partial charge in [0, 0.05) is 24.0 Å². The predicted molar refractivity (Wildman–Crippen MR) is 78.1 cm³/mol. The molecule has 0 aliphatic carbocycles. The van der Waals surface area contributed by atoms with Crippen LogP contribution in [-0.2, 0) is 12.7 Å². The second-order valence-corrected chi connectivity index (χ2v) is 5.26. The van der Waals surface area contributed by atoms with Crippen LogP contribution in [0.3, 0.4) is 0 Å². The molecule has 0 atom stereocenters. The van der Waals surface area contributed by atoms with E-state index in [4.69, 9.17) is 11.6 Å². The van der Waals surface area contributed by atoms with Gasteiger partial charge < -0.3 is 10.3 Å². The van der Waals surface area contributed by atoms with Crippen LogP contribution in [0.15, 0.2) is 23.1 Å². The van der Waals surface area contributed by atoms with Crippen LogP contribution in [-0.4, -0.2) is 9.97 Å². The minimum atomic E-state index is -4.50. The van der Waals surface area contributed by atoms with Crippen molar-refractivity contribution in [2.24, 2.45) is 0 Å². The van der Waals surface area contributed by atoms with E-state index in [1.165, 1.54) is 0 Å². The van der Waals surface area contributed by atoms with Crippen molar-refractivity contribution in [3.8, 4) is 0 Å². The van der Waals surface area contributed by atoms with E-state index >= 15 is 0 Å². The molecule has 0 aliphatic rings. The Morgan fingerprint density at radius 1 is 1.32 bits per heavy atom. The molecule has 0 fully saturated rings. The van der Waals surface area contributed by atoms with Gasteiger partial charge in [0.2, 0.25) is 0 Å². The van der Waals surface area contributed by atoms with Gasteiger partial charge in [-0.3, -0.25) is 4.79 Å². The first kappa shape index (κ1) is 16.4. The lowest BCUT2D eigenvalue weighted by atomic mass is 10.1. The third-order valence-electron chi connectivity index (χ3n) is 3.09. The molecule has 0 bridgehead atoms. The lowest BCUT2D eigenvalue weighted by Crippen LogP contribution is -2.19. The van der Waals surface area contributed by atoms with E-state index in [2.05, 4.69) is 15.3 Å². The van der Waals surface area contributed by atoms with Gasteiger partial charge >= 0.3 is 6.18 Å². The maximum absolute atomic E-state index is 12.5. The van der Waals surface area contributed by atoms with Gasteiger partial charge in [0.15, 0.2) is 0 Å². The maximum Gasteiger partial charge on any atom is 0.417 e. The van der Waals surface area contributed by atoms with Crippen molar-refractivity contribution in [1.29, 1.82) is 0 Å². The van der Waals surface area contributed by atoms with Crippen molar-refractivity contribution >= 4 is 17.4 Å².